The first-order chi connectivity index (χ1) is 14.7. The number of hydrogen-bond acceptors (Lipinski definition) is 5. The molecular formula is C24H20F2N4O. The Morgan fingerprint density at radius 3 is 2.61 bits per heavy atom. The second-order valence-electron chi connectivity index (χ2n) is 8.18. The molecule has 156 valence electrons. The van der Waals surface area contributed by atoms with Gasteiger partial charge in [0.15, 0.2) is 11.7 Å². The number of halogens is 2. The standard InChI is InChI=1S/C24H20F2N4O/c1-23(2,24(3,25)26)12-21-29-14-20(31-21)18-9-8-17(13-27)30-22(18)16-7-6-15-5-4-10-28-19(15)11-16/h4-11,14H,12H2,1-3H3. The summed E-state index contributed by atoms with van der Waals surface area (Å²) in [5, 5.41) is 10.3. The molecule has 0 unspecified atom stereocenters. The first-order valence-electron chi connectivity index (χ1n) is 9.77. The predicted octanol–water partition coefficient (Wildman–Crippen LogP) is 6.05. The topological polar surface area (TPSA) is 75.6 Å². The quantitative estimate of drug-likeness (QED) is 0.394. The SMILES string of the molecule is CC(F)(F)C(C)(C)Cc1ncc(-c2ccc(C#N)nc2-c2ccc3cccnc3c2)o1. The zero-order valence-corrected chi connectivity index (χ0v) is 17.4. The van der Waals surface area contributed by atoms with Crippen molar-refractivity contribution in [3.05, 3.63) is 66.4 Å². The molecule has 0 bridgehead atoms. The summed E-state index contributed by atoms with van der Waals surface area (Å²) in [5.41, 5.74) is 1.65. The molecule has 0 spiro atoms. The number of oxazole rings is 1. The largest absolute Gasteiger partial charge is 0.441 e. The molecule has 0 amide bonds. The van der Waals surface area contributed by atoms with Crippen LogP contribution in [0.15, 0.2) is 59.3 Å². The van der Waals surface area contributed by atoms with Gasteiger partial charge in [0.05, 0.1) is 17.4 Å². The van der Waals surface area contributed by atoms with E-state index < -0.39 is 11.3 Å². The highest BCUT2D eigenvalue weighted by Crippen LogP contribution is 2.39. The zero-order valence-electron chi connectivity index (χ0n) is 17.4. The van der Waals surface area contributed by atoms with Crippen molar-refractivity contribution in [3.63, 3.8) is 0 Å². The Morgan fingerprint density at radius 2 is 1.87 bits per heavy atom. The molecule has 0 aliphatic heterocycles. The van der Waals surface area contributed by atoms with E-state index in [2.05, 4.69) is 15.0 Å². The fourth-order valence-corrected chi connectivity index (χ4v) is 3.20. The fourth-order valence-electron chi connectivity index (χ4n) is 3.20. The van der Waals surface area contributed by atoms with Gasteiger partial charge < -0.3 is 4.42 Å². The minimum atomic E-state index is -2.89. The van der Waals surface area contributed by atoms with Gasteiger partial charge in [-0.05, 0) is 31.2 Å². The number of benzene rings is 1. The van der Waals surface area contributed by atoms with Crippen molar-refractivity contribution in [2.24, 2.45) is 5.41 Å². The van der Waals surface area contributed by atoms with Crippen LogP contribution in [0, 0.1) is 16.7 Å². The summed E-state index contributed by atoms with van der Waals surface area (Å²) in [6.07, 6.45) is 3.20. The van der Waals surface area contributed by atoms with Gasteiger partial charge in [-0.3, -0.25) is 4.98 Å². The van der Waals surface area contributed by atoms with Gasteiger partial charge in [-0.15, -0.1) is 0 Å². The van der Waals surface area contributed by atoms with Crippen LogP contribution in [0.5, 0.6) is 0 Å². The molecule has 0 fully saturated rings. The Bertz CT molecular complexity index is 1300. The third-order valence-corrected chi connectivity index (χ3v) is 5.49. The van der Waals surface area contributed by atoms with Crippen LogP contribution < -0.4 is 0 Å². The van der Waals surface area contributed by atoms with Crippen molar-refractivity contribution in [3.8, 4) is 28.7 Å². The van der Waals surface area contributed by atoms with Crippen LogP contribution in [0.3, 0.4) is 0 Å². The van der Waals surface area contributed by atoms with Crippen LogP contribution in [0.4, 0.5) is 8.78 Å². The Labute approximate surface area is 178 Å². The molecule has 0 saturated carbocycles. The Balaban J connectivity index is 1.78. The van der Waals surface area contributed by atoms with Crippen LogP contribution in [0.25, 0.3) is 33.5 Å². The third kappa shape index (κ3) is 4.02. The van der Waals surface area contributed by atoms with E-state index in [0.29, 0.717) is 17.0 Å². The molecule has 0 aliphatic rings. The van der Waals surface area contributed by atoms with Gasteiger partial charge >= 0.3 is 0 Å². The molecule has 0 radical (unpaired) electrons. The van der Waals surface area contributed by atoms with Crippen molar-refractivity contribution in [2.45, 2.75) is 33.1 Å². The number of fused-ring (bicyclic) bond motifs is 1. The lowest BCUT2D eigenvalue weighted by atomic mass is 9.83. The van der Waals surface area contributed by atoms with Crippen LogP contribution in [-0.4, -0.2) is 20.9 Å². The lowest BCUT2D eigenvalue weighted by Crippen LogP contribution is -2.35. The first-order valence-corrected chi connectivity index (χ1v) is 9.77. The van der Waals surface area contributed by atoms with Gasteiger partial charge in [-0.25, -0.2) is 18.7 Å². The van der Waals surface area contributed by atoms with E-state index in [4.69, 9.17) is 4.42 Å². The average molecular weight is 418 g/mol. The third-order valence-electron chi connectivity index (χ3n) is 5.49. The predicted molar refractivity (Wildman–Crippen MR) is 113 cm³/mol. The van der Waals surface area contributed by atoms with Gasteiger partial charge in [0.2, 0.25) is 0 Å². The van der Waals surface area contributed by atoms with E-state index in [1.54, 1.807) is 18.3 Å². The fraction of sp³-hybridized carbons (Fsp3) is 0.250. The molecule has 0 saturated heterocycles. The molecule has 5 nitrogen and oxygen atoms in total. The minimum Gasteiger partial charge on any atom is -0.441 e. The normalized spacial score (nSPS) is 12.1. The molecule has 1 aromatic carbocycles. The number of nitrogens with zero attached hydrogens (tertiary/aromatic N) is 4. The highest BCUT2D eigenvalue weighted by Gasteiger charge is 2.43. The number of rotatable bonds is 5. The summed E-state index contributed by atoms with van der Waals surface area (Å²) < 4.78 is 33.6. The highest BCUT2D eigenvalue weighted by atomic mass is 19.3. The molecule has 7 heteroatoms. The van der Waals surface area contributed by atoms with Crippen LogP contribution in [-0.2, 0) is 6.42 Å². The maximum Gasteiger partial charge on any atom is 0.250 e. The van der Waals surface area contributed by atoms with Crippen molar-refractivity contribution in [1.29, 1.82) is 5.26 Å². The first kappa shape index (κ1) is 20.6. The summed E-state index contributed by atoms with van der Waals surface area (Å²) in [7, 11) is 0. The average Bonchev–Trinajstić information content (AvgIpc) is 3.19. The number of nitriles is 1. The van der Waals surface area contributed by atoms with Crippen LogP contribution in [0.2, 0.25) is 0 Å². The monoisotopic (exact) mass is 418 g/mol. The lowest BCUT2D eigenvalue weighted by Gasteiger charge is -2.29. The zero-order chi connectivity index (χ0) is 22.2. The molecule has 3 heterocycles. The number of pyridine rings is 2. The van der Waals surface area contributed by atoms with Gasteiger partial charge in [0, 0.05) is 34.5 Å². The van der Waals surface area contributed by atoms with Gasteiger partial charge in [0.25, 0.3) is 5.92 Å². The Morgan fingerprint density at radius 1 is 1.06 bits per heavy atom. The second kappa shape index (κ2) is 7.55. The number of hydrogen-bond donors (Lipinski definition) is 0. The van der Waals surface area contributed by atoms with E-state index in [1.807, 2.05) is 36.4 Å². The maximum absolute atomic E-state index is 13.9. The molecule has 4 aromatic rings. The van der Waals surface area contributed by atoms with E-state index >= 15 is 0 Å². The molecular weight excluding hydrogens is 398 g/mol. The van der Waals surface area contributed by atoms with Crippen molar-refractivity contribution < 1.29 is 13.2 Å². The summed E-state index contributed by atoms with van der Waals surface area (Å²) >= 11 is 0. The van der Waals surface area contributed by atoms with Gasteiger partial charge in [-0.2, -0.15) is 5.26 Å². The van der Waals surface area contributed by atoms with E-state index in [-0.39, 0.29) is 18.0 Å². The van der Waals surface area contributed by atoms with E-state index in [9.17, 15) is 14.0 Å². The summed E-state index contributed by atoms with van der Waals surface area (Å²) in [6, 6.07) is 14.9. The highest BCUT2D eigenvalue weighted by molar-refractivity contribution is 5.87. The van der Waals surface area contributed by atoms with Gasteiger partial charge in [-0.1, -0.05) is 32.0 Å². The van der Waals surface area contributed by atoms with Crippen molar-refractivity contribution in [1.82, 2.24) is 15.0 Å². The van der Waals surface area contributed by atoms with Crippen LogP contribution in [0.1, 0.15) is 32.4 Å². The van der Waals surface area contributed by atoms with E-state index in [1.165, 1.54) is 20.0 Å². The lowest BCUT2D eigenvalue weighted by molar-refractivity contribution is -0.0902. The summed E-state index contributed by atoms with van der Waals surface area (Å²) in [4.78, 5) is 13.1. The maximum atomic E-state index is 13.9. The molecule has 3 aromatic heterocycles. The smallest absolute Gasteiger partial charge is 0.250 e. The second-order valence-corrected chi connectivity index (χ2v) is 8.18. The Hall–Kier alpha value is -3.66. The van der Waals surface area contributed by atoms with E-state index in [0.717, 1.165) is 23.4 Å². The van der Waals surface area contributed by atoms with Crippen molar-refractivity contribution in [2.75, 3.05) is 0 Å². The number of alkyl halides is 2. The van der Waals surface area contributed by atoms with Crippen LogP contribution >= 0.6 is 0 Å². The summed E-state index contributed by atoms with van der Waals surface area (Å²) in [5.74, 6) is -2.27. The van der Waals surface area contributed by atoms with Gasteiger partial charge in [0.1, 0.15) is 11.8 Å². The van der Waals surface area contributed by atoms with Crippen molar-refractivity contribution >= 4 is 10.9 Å². The molecule has 4 rings (SSSR count). The Kier molecular flexibility index (Phi) is 5.02. The minimum absolute atomic E-state index is 0.0184. The molecule has 0 aliphatic carbocycles. The molecule has 0 atom stereocenters. The molecule has 0 N–H and O–H groups in total. The summed E-state index contributed by atoms with van der Waals surface area (Å²) in [6.45, 7) is 3.86. The number of aromatic nitrogens is 3. The molecule has 31 heavy (non-hydrogen) atoms.